The van der Waals surface area contributed by atoms with Crippen LogP contribution in [0.3, 0.4) is 0 Å². The molecule has 0 radical (unpaired) electrons. The number of esters is 1. The van der Waals surface area contributed by atoms with E-state index in [4.69, 9.17) is 0 Å². The maximum atomic E-state index is 12.8. The number of hydrogen-bond acceptors (Lipinski definition) is 3. The predicted octanol–water partition coefficient (Wildman–Crippen LogP) is 3.75. The van der Waals surface area contributed by atoms with Gasteiger partial charge in [-0.3, -0.25) is 4.79 Å². The summed E-state index contributed by atoms with van der Waals surface area (Å²) in [4.78, 5) is 14.5. The number of ether oxygens (including phenoxy) is 1. The molecule has 1 aromatic rings. The van der Waals surface area contributed by atoms with Crippen molar-refractivity contribution < 1.29 is 31.5 Å². The van der Waals surface area contributed by atoms with Crippen molar-refractivity contribution in [2.24, 2.45) is 0 Å². The standard InChI is InChI=1S/C11H9F5INO2/c1-2-20-8(19)4-7-5(11(14,15)16)3-6(17)9(18-7)10(12)13/h3,10H,2,4H2,1H3. The topological polar surface area (TPSA) is 39.2 Å². The third kappa shape index (κ3) is 4.25. The van der Waals surface area contributed by atoms with Crippen LogP contribution in [0.15, 0.2) is 6.07 Å². The zero-order valence-corrected chi connectivity index (χ0v) is 12.3. The summed E-state index contributed by atoms with van der Waals surface area (Å²) >= 11 is 1.35. The summed E-state index contributed by atoms with van der Waals surface area (Å²) in [5.41, 5.74) is -2.75. The molecule has 3 nitrogen and oxygen atoms in total. The molecular weight excluding hydrogens is 400 g/mol. The first kappa shape index (κ1) is 17.1. The Morgan fingerprint density at radius 3 is 2.50 bits per heavy atom. The molecule has 0 saturated carbocycles. The largest absolute Gasteiger partial charge is 0.466 e. The Kier molecular flexibility index (Phi) is 5.66. The second kappa shape index (κ2) is 6.64. The Morgan fingerprint density at radius 2 is 2.05 bits per heavy atom. The van der Waals surface area contributed by atoms with E-state index in [9.17, 15) is 26.7 Å². The maximum absolute atomic E-state index is 12.8. The molecule has 0 aliphatic heterocycles. The lowest BCUT2D eigenvalue weighted by Gasteiger charge is -2.14. The van der Waals surface area contributed by atoms with Crippen LogP contribution in [0.4, 0.5) is 22.0 Å². The Labute approximate surface area is 124 Å². The van der Waals surface area contributed by atoms with Gasteiger partial charge in [0.15, 0.2) is 0 Å². The minimum Gasteiger partial charge on any atom is -0.466 e. The molecule has 0 fully saturated rings. The Hall–Kier alpha value is -1.00. The highest BCUT2D eigenvalue weighted by atomic mass is 127. The summed E-state index contributed by atoms with van der Waals surface area (Å²) in [6.07, 6.45) is -8.61. The van der Waals surface area contributed by atoms with Crippen molar-refractivity contribution in [2.45, 2.75) is 25.9 Å². The second-order valence-electron chi connectivity index (χ2n) is 3.63. The molecule has 0 N–H and O–H groups in total. The SMILES string of the molecule is CCOC(=O)Cc1nc(C(F)F)c(I)cc1C(F)(F)F. The summed E-state index contributed by atoms with van der Waals surface area (Å²) in [7, 11) is 0. The first-order valence-electron chi connectivity index (χ1n) is 5.37. The number of hydrogen-bond donors (Lipinski definition) is 0. The number of alkyl halides is 5. The van der Waals surface area contributed by atoms with Gasteiger partial charge in [0, 0.05) is 3.57 Å². The van der Waals surface area contributed by atoms with E-state index in [-0.39, 0.29) is 10.2 Å². The maximum Gasteiger partial charge on any atom is 0.418 e. The van der Waals surface area contributed by atoms with Crippen LogP contribution in [0.25, 0.3) is 0 Å². The van der Waals surface area contributed by atoms with Crippen LogP contribution in [-0.4, -0.2) is 17.6 Å². The van der Waals surface area contributed by atoms with Crippen LogP contribution in [0.5, 0.6) is 0 Å². The van der Waals surface area contributed by atoms with Crippen LogP contribution < -0.4 is 0 Å². The molecule has 0 aromatic carbocycles. The van der Waals surface area contributed by atoms with Gasteiger partial charge in [-0.05, 0) is 35.6 Å². The van der Waals surface area contributed by atoms with Crippen molar-refractivity contribution in [1.82, 2.24) is 4.98 Å². The van der Waals surface area contributed by atoms with Crippen LogP contribution in [0, 0.1) is 3.57 Å². The van der Waals surface area contributed by atoms with Crippen molar-refractivity contribution in [3.63, 3.8) is 0 Å². The number of rotatable bonds is 4. The molecule has 0 unspecified atom stereocenters. The average molecular weight is 409 g/mol. The van der Waals surface area contributed by atoms with Gasteiger partial charge < -0.3 is 4.74 Å². The molecule has 1 rings (SSSR count). The molecule has 0 atom stereocenters. The van der Waals surface area contributed by atoms with Crippen LogP contribution in [0.2, 0.25) is 0 Å². The number of pyridine rings is 1. The van der Waals surface area contributed by atoms with Crippen molar-refractivity contribution in [3.8, 4) is 0 Å². The van der Waals surface area contributed by atoms with E-state index in [2.05, 4.69) is 9.72 Å². The Morgan fingerprint density at radius 1 is 1.45 bits per heavy atom. The first-order chi connectivity index (χ1) is 9.16. The zero-order chi connectivity index (χ0) is 15.5. The van der Waals surface area contributed by atoms with Crippen LogP contribution >= 0.6 is 22.6 Å². The van der Waals surface area contributed by atoms with Gasteiger partial charge in [-0.25, -0.2) is 13.8 Å². The lowest BCUT2D eigenvalue weighted by atomic mass is 10.1. The Balaban J connectivity index is 3.29. The van der Waals surface area contributed by atoms with E-state index < -0.39 is 41.9 Å². The lowest BCUT2D eigenvalue weighted by molar-refractivity contribution is -0.143. The fourth-order valence-corrected chi connectivity index (χ4v) is 2.09. The van der Waals surface area contributed by atoms with Crippen molar-refractivity contribution >= 4 is 28.6 Å². The number of aromatic nitrogens is 1. The minimum atomic E-state index is -4.78. The van der Waals surface area contributed by atoms with E-state index in [1.807, 2.05) is 0 Å². The molecular formula is C11H9F5INO2. The summed E-state index contributed by atoms with van der Waals surface area (Å²) < 4.78 is 68.0. The number of carbonyl (C=O) groups excluding carboxylic acids is 1. The molecule has 0 saturated heterocycles. The van der Waals surface area contributed by atoms with Gasteiger partial charge in [-0.15, -0.1) is 0 Å². The zero-order valence-electron chi connectivity index (χ0n) is 10.1. The summed E-state index contributed by atoms with van der Waals surface area (Å²) in [6.45, 7) is 1.46. The van der Waals surface area contributed by atoms with Gasteiger partial charge in [-0.2, -0.15) is 13.2 Å². The smallest absolute Gasteiger partial charge is 0.418 e. The highest BCUT2D eigenvalue weighted by molar-refractivity contribution is 14.1. The highest BCUT2D eigenvalue weighted by Crippen LogP contribution is 2.35. The number of carbonyl (C=O) groups is 1. The van der Waals surface area contributed by atoms with Crippen LogP contribution in [-0.2, 0) is 22.1 Å². The van der Waals surface area contributed by atoms with E-state index in [0.717, 1.165) is 0 Å². The predicted molar refractivity (Wildman–Crippen MR) is 67.2 cm³/mol. The highest BCUT2D eigenvalue weighted by Gasteiger charge is 2.36. The third-order valence-electron chi connectivity index (χ3n) is 2.21. The molecule has 1 aromatic heterocycles. The van der Waals surface area contributed by atoms with E-state index in [0.29, 0.717) is 6.07 Å². The van der Waals surface area contributed by atoms with Gasteiger partial charge >= 0.3 is 12.1 Å². The quantitative estimate of drug-likeness (QED) is 0.432. The van der Waals surface area contributed by atoms with Crippen molar-refractivity contribution in [2.75, 3.05) is 6.61 Å². The van der Waals surface area contributed by atoms with Gasteiger partial charge in [0.1, 0.15) is 5.69 Å². The molecule has 0 aliphatic rings. The molecule has 112 valence electrons. The second-order valence-corrected chi connectivity index (χ2v) is 4.79. The molecule has 0 amide bonds. The van der Waals surface area contributed by atoms with Crippen molar-refractivity contribution in [3.05, 3.63) is 26.6 Å². The molecule has 0 spiro atoms. The Bertz CT molecular complexity index is 504. The number of halogens is 6. The fraction of sp³-hybridized carbons (Fsp3) is 0.455. The molecule has 0 bridgehead atoms. The average Bonchev–Trinajstić information content (AvgIpc) is 2.29. The van der Waals surface area contributed by atoms with Crippen LogP contribution in [0.1, 0.15) is 30.3 Å². The molecule has 1 heterocycles. The van der Waals surface area contributed by atoms with Gasteiger partial charge in [0.25, 0.3) is 6.43 Å². The summed E-state index contributed by atoms with van der Waals surface area (Å²) in [5.74, 6) is -0.952. The van der Waals surface area contributed by atoms with E-state index in [1.165, 1.54) is 29.5 Å². The van der Waals surface area contributed by atoms with E-state index >= 15 is 0 Å². The summed E-state index contributed by atoms with van der Waals surface area (Å²) in [6, 6.07) is 0.559. The van der Waals surface area contributed by atoms with Gasteiger partial charge in [0.2, 0.25) is 0 Å². The monoisotopic (exact) mass is 409 g/mol. The molecule has 20 heavy (non-hydrogen) atoms. The lowest BCUT2D eigenvalue weighted by Crippen LogP contribution is -2.18. The first-order valence-corrected chi connectivity index (χ1v) is 6.45. The third-order valence-corrected chi connectivity index (χ3v) is 3.08. The van der Waals surface area contributed by atoms with Gasteiger partial charge in [-0.1, -0.05) is 0 Å². The normalized spacial score (nSPS) is 11.8. The molecule has 9 heteroatoms. The number of nitrogens with zero attached hydrogens (tertiary/aromatic N) is 1. The fourth-order valence-electron chi connectivity index (χ4n) is 1.42. The van der Waals surface area contributed by atoms with E-state index in [1.54, 1.807) is 0 Å². The van der Waals surface area contributed by atoms with Gasteiger partial charge in [0.05, 0.1) is 24.3 Å². The molecule has 0 aliphatic carbocycles. The summed E-state index contributed by atoms with van der Waals surface area (Å²) in [5, 5.41) is 0. The van der Waals surface area contributed by atoms with Crippen molar-refractivity contribution in [1.29, 1.82) is 0 Å². The minimum absolute atomic E-state index is 0.0216.